The number of likely N-dealkylation sites (N-methyl/N-ethyl adjacent to an activating group) is 1. The fraction of sp³-hybridized carbons (Fsp3) is 0.381. The fourth-order valence-electron chi connectivity index (χ4n) is 3.37. The lowest BCUT2D eigenvalue weighted by Crippen LogP contribution is -2.46. The van der Waals surface area contributed by atoms with Crippen molar-refractivity contribution in [2.45, 2.75) is 24.2 Å². The minimum Gasteiger partial charge on any atom is -0.326 e. The first kappa shape index (κ1) is 20.5. The van der Waals surface area contributed by atoms with Crippen molar-refractivity contribution in [1.29, 1.82) is 0 Å². The number of benzene rings is 2. The van der Waals surface area contributed by atoms with E-state index >= 15 is 0 Å². The third-order valence-corrected chi connectivity index (χ3v) is 7.06. The molecular formula is C21H27N3O3S. The van der Waals surface area contributed by atoms with Gasteiger partial charge in [0.05, 0.1) is 10.8 Å². The number of carbonyl (C=O) groups is 1. The van der Waals surface area contributed by atoms with E-state index in [1.165, 1.54) is 4.31 Å². The summed E-state index contributed by atoms with van der Waals surface area (Å²) in [5.41, 5.74) is 1.56. The van der Waals surface area contributed by atoms with Crippen molar-refractivity contribution in [2.75, 3.05) is 38.5 Å². The number of piperazine rings is 1. The molecule has 2 aromatic carbocycles. The molecule has 0 bridgehead atoms. The van der Waals surface area contributed by atoms with Crippen LogP contribution in [0, 0.1) is 0 Å². The van der Waals surface area contributed by atoms with E-state index in [0.29, 0.717) is 25.2 Å². The summed E-state index contributed by atoms with van der Waals surface area (Å²) >= 11 is 0. The average molecular weight is 402 g/mol. The van der Waals surface area contributed by atoms with Gasteiger partial charge in [0.2, 0.25) is 15.9 Å². The maximum atomic E-state index is 12.8. The molecule has 3 rings (SSSR count). The Kier molecular flexibility index (Phi) is 6.49. The molecule has 0 aliphatic carbocycles. The van der Waals surface area contributed by atoms with Gasteiger partial charge in [-0.3, -0.25) is 4.79 Å². The van der Waals surface area contributed by atoms with Crippen LogP contribution >= 0.6 is 0 Å². The molecule has 150 valence electrons. The first-order valence-electron chi connectivity index (χ1n) is 9.56. The Labute approximate surface area is 167 Å². The van der Waals surface area contributed by atoms with Gasteiger partial charge in [-0.25, -0.2) is 8.42 Å². The third kappa shape index (κ3) is 4.60. The summed E-state index contributed by atoms with van der Waals surface area (Å²) in [7, 11) is -1.51. The summed E-state index contributed by atoms with van der Waals surface area (Å²) in [4.78, 5) is 15.0. The number of sulfonamides is 1. The van der Waals surface area contributed by atoms with Gasteiger partial charge in [0.1, 0.15) is 0 Å². The zero-order valence-corrected chi connectivity index (χ0v) is 17.2. The smallest absolute Gasteiger partial charge is 0.243 e. The van der Waals surface area contributed by atoms with Gasteiger partial charge in [-0.1, -0.05) is 37.3 Å². The number of hydrogen-bond donors (Lipinski definition) is 1. The molecule has 1 aliphatic heterocycles. The second kappa shape index (κ2) is 8.86. The van der Waals surface area contributed by atoms with E-state index < -0.39 is 10.0 Å². The number of hydrogen-bond acceptors (Lipinski definition) is 4. The highest BCUT2D eigenvalue weighted by Gasteiger charge is 2.27. The zero-order chi connectivity index (χ0) is 20.1. The molecule has 0 saturated carbocycles. The van der Waals surface area contributed by atoms with Gasteiger partial charge >= 0.3 is 0 Å². The minimum atomic E-state index is -3.50. The van der Waals surface area contributed by atoms with E-state index in [-0.39, 0.29) is 16.7 Å². The molecule has 1 unspecified atom stereocenters. The third-order valence-electron chi connectivity index (χ3n) is 5.15. The molecule has 6 nitrogen and oxygen atoms in total. The topological polar surface area (TPSA) is 69.7 Å². The van der Waals surface area contributed by atoms with Crippen LogP contribution in [-0.4, -0.2) is 56.8 Å². The monoisotopic (exact) mass is 401 g/mol. The molecule has 28 heavy (non-hydrogen) atoms. The molecule has 1 fully saturated rings. The van der Waals surface area contributed by atoms with Crippen LogP contribution in [0.2, 0.25) is 0 Å². The molecule has 0 radical (unpaired) electrons. The summed E-state index contributed by atoms with van der Waals surface area (Å²) < 4.78 is 27.1. The van der Waals surface area contributed by atoms with Gasteiger partial charge in [-0.15, -0.1) is 0 Å². The van der Waals surface area contributed by atoms with Crippen LogP contribution in [0.25, 0.3) is 0 Å². The van der Waals surface area contributed by atoms with Crippen molar-refractivity contribution in [3.05, 3.63) is 60.2 Å². The molecule has 1 saturated heterocycles. The standard InChI is InChI=1S/C21H27N3O3S/c1-3-20(17-7-5-4-6-8-17)21(25)22-18-9-11-19(12-10-18)28(26,27)24-15-13-23(2)14-16-24/h4-12,20H,3,13-16H2,1-2H3,(H,22,25). The molecule has 2 aromatic rings. The van der Waals surface area contributed by atoms with Crippen molar-refractivity contribution >= 4 is 21.6 Å². The Morgan fingerprint density at radius 3 is 2.18 bits per heavy atom. The van der Waals surface area contributed by atoms with Gasteiger partial charge in [-0.2, -0.15) is 4.31 Å². The highest BCUT2D eigenvalue weighted by Crippen LogP contribution is 2.23. The lowest BCUT2D eigenvalue weighted by atomic mass is 9.95. The van der Waals surface area contributed by atoms with E-state index in [2.05, 4.69) is 10.2 Å². The Morgan fingerprint density at radius 1 is 1.00 bits per heavy atom. The van der Waals surface area contributed by atoms with Crippen molar-refractivity contribution in [1.82, 2.24) is 9.21 Å². The van der Waals surface area contributed by atoms with Crippen molar-refractivity contribution in [3.8, 4) is 0 Å². The summed E-state index contributed by atoms with van der Waals surface area (Å²) in [5.74, 6) is -0.335. The Morgan fingerprint density at radius 2 is 1.61 bits per heavy atom. The summed E-state index contributed by atoms with van der Waals surface area (Å²) in [6.45, 7) is 4.42. The van der Waals surface area contributed by atoms with Crippen molar-refractivity contribution < 1.29 is 13.2 Å². The van der Waals surface area contributed by atoms with Crippen molar-refractivity contribution in [3.63, 3.8) is 0 Å². The Hall–Kier alpha value is -2.22. The van der Waals surface area contributed by atoms with E-state index in [1.807, 2.05) is 44.3 Å². The highest BCUT2D eigenvalue weighted by atomic mass is 32.2. The van der Waals surface area contributed by atoms with Gasteiger partial charge in [0.15, 0.2) is 0 Å². The number of rotatable bonds is 6. The van der Waals surface area contributed by atoms with Crippen LogP contribution < -0.4 is 5.32 Å². The maximum Gasteiger partial charge on any atom is 0.243 e. The van der Waals surface area contributed by atoms with Crippen LogP contribution in [0.1, 0.15) is 24.8 Å². The van der Waals surface area contributed by atoms with Crippen LogP contribution in [0.15, 0.2) is 59.5 Å². The zero-order valence-electron chi connectivity index (χ0n) is 16.3. The van der Waals surface area contributed by atoms with Gasteiger partial charge in [-0.05, 0) is 43.3 Å². The predicted molar refractivity (Wildman–Crippen MR) is 111 cm³/mol. The fourth-order valence-corrected chi connectivity index (χ4v) is 4.80. The quantitative estimate of drug-likeness (QED) is 0.808. The van der Waals surface area contributed by atoms with Crippen LogP contribution in [-0.2, 0) is 14.8 Å². The lowest BCUT2D eigenvalue weighted by Gasteiger charge is -2.31. The van der Waals surface area contributed by atoms with E-state index in [1.54, 1.807) is 24.3 Å². The van der Waals surface area contributed by atoms with Gasteiger partial charge in [0.25, 0.3) is 0 Å². The van der Waals surface area contributed by atoms with Crippen molar-refractivity contribution in [2.24, 2.45) is 0 Å². The number of anilines is 1. The predicted octanol–water partition coefficient (Wildman–Crippen LogP) is 2.76. The van der Waals surface area contributed by atoms with Gasteiger partial charge < -0.3 is 10.2 Å². The van der Waals surface area contributed by atoms with Crippen LogP contribution in [0.3, 0.4) is 0 Å². The van der Waals surface area contributed by atoms with E-state index in [0.717, 1.165) is 18.7 Å². The Balaban J connectivity index is 1.69. The van der Waals surface area contributed by atoms with Gasteiger partial charge in [0, 0.05) is 31.9 Å². The second-order valence-corrected chi connectivity index (χ2v) is 9.03. The molecule has 1 N–H and O–H groups in total. The summed E-state index contributed by atoms with van der Waals surface area (Å²) in [5, 5.41) is 2.90. The first-order valence-corrected chi connectivity index (χ1v) is 11.0. The minimum absolute atomic E-state index is 0.0941. The maximum absolute atomic E-state index is 12.8. The van der Waals surface area contributed by atoms with Crippen LogP contribution in [0.4, 0.5) is 5.69 Å². The average Bonchev–Trinajstić information content (AvgIpc) is 2.70. The molecular weight excluding hydrogens is 374 g/mol. The number of carbonyl (C=O) groups excluding carboxylic acids is 1. The number of nitrogens with zero attached hydrogens (tertiary/aromatic N) is 2. The highest BCUT2D eigenvalue weighted by molar-refractivity contribution is 7.89. The second-order valence-electron chi connectivity index (χ2n) is 7.09. The summed E-state index contributed by atoms with van der Waals surface area (Å²) in [6, 6.07) is 16.1. The molecule has 0 spiro atoms. The molecule has 7 heteroatoms. The molecule has 1 amide bonds. The van der Waals surface area contributed by atoms with E-state index in [4.69, 9.17) is 0 Å². The molecule has 1 heterocycles. The number of amides is 1. The van der Waals surface area contributed by atoms with Crippen LogP contribution in [0.5, 0.6) is 0 Å². The lowest BCUT2D eigenvalue weighted by molar-refractivity contribution is -0.117. The van der Waals surface area contributed by atoms with E-state index in [9.17, 15) is 13.2 Å². The number of nitrogens with one attached hydrogen (secondary N) is 1. The largest absolute Gasteiger partial charge is 0.326 e. The molecule has 0 aromatic heterocycles. The molecule has 1 aliphatic rings. The normalized spacial score (nSPS) is 17.2. The Bertz CT molecular complexity index is 890. The summed E-state index contributed by atoms with van der Waals surface area (Å²) in [6.07, 6.45) is 0.686. The molecule has 1 atom stereocenters. The first-order chi connectivity index (χ1) is 13.4. The SMILES string of the molecule is CCC(C(=O)Nc1ccc(S(=O)(=O)N2CCN(C)CC2)cc1)c1ccccc1.